The molecule has 1 aliphatic carbocycles. The third kappa shape index (κ3) is 1.73. The van der Waals surface area contributed by atoms with Crippen LogP contribution in [-0.4, -0.2) is 16.1 Å². The number of carbonyl (C=O) groups excluding carboxylic acids is 1. The van der Waals surface area contributed by atoms with E-state index in [1.165, 1.54) is 0 Å². The Balaban J connectivity index is 2.23. The van der Waals surface area contributed by atoms with Gasteiger partial charge < -0.3 is 0 Å². The zero-order chi connectivity index (χ0) is 11.8. The van der Waals surface area contributed by atoms with Gasteiger partial charge in [-0.1, -0.05) is 0 Å². The number of hydrogen-bond acceptors (Lipinski definition) is 3. The lowest BCUT2D eigenvalue weighted by molar-refractivity contribution is 0.112. The molecule has 2 rings (SSSR count). The number of carbonyl (C=O) groups is 1. The molecule has 0 N–H and O–H groups in total. The molecule has 1 aromatic rings. The quantitative estimate of drug-likeness (QED) is 0.725. The average molecular weight is 217 g/mol. The SMILES string of the molecule is Cc1nn(CC2(CC#N)CC2)c(C)c1C=O. The van der Waals surface area contributed by atoms with Gasteiger partial charge in [0.2, 0.25) is 0 Å². The molecule has 0 aliphatic heterocycles. The summed E-state index contributed by atoms with van der Waals surface area (Å²) in [6.07, 6.45) is 3.63. The van der Waals surface area contributed by atoms with Gasteiger partial charge in [0.05, 0.1) is 17.3 Å². The highest BCUT2D eigenvalue weighted by molar-refractivity contribution is 5.78. The van der Waals surface area contributed by atoms with Crippen molar-refractivity contribution < 1.29 is 4.79 Å². The Morgan fingerprint density at radius 2 is 2.25 bits per heavy atom. The zero-order valence-corrected chi connectivity index (χ0v) is 9.66. The average Bonchev–Trinajstić information content (AvgIpc) is 2.92. The molecule has 1 fully saturated rings. The van der Waals surface area contributed by atoms with E-state index in [-0.39, 0.29) is 5.41 Å². The van der Waals surface area contributed by atoms with Crippen LogP contribution in [0.15, 0.2) is 0 Å². The molecule has 84 valence electrons. The second-order valence-corrected chi connectivity index (χ2v) is 4.69. The van der Waals surface area contributed by atoms with Gasteiger partial charge in [-0.2, -0.15) is 10.4 Å². The van der Waals surface area contributed by atoms with Gasteiger partial charge in [0.15, 0.2) is 6.29 Å². The van der Waals surface area contributed by atoms with Crippen molar-refractivity contribution in [2.45, 2.75) is 39.7 Å². The number of aldehydes is 1. The van der Waals surface area contributed by atoms with Crippen molar-refractivity contribution in [3.05, 3.63) is 17.0 Å². The fraction of sp³-hybridized carbons (Fsp3) is 0.583. The van der Waals surface area contributed by atoms with E-state index >= 15 is 0 Å². The number of rotatable bonds is 4. The molecule has 0 saturated heterocycles. The molecule has 0 aromatic carbocycles. The Labute approximate surface area is 94.9 Å². The molecule has 1 heterocycles. The summed E-state index contributed by atoms with van der Waals surface area (Å²) in [5.41, 5.74) is 2.50. The van der Waals surface area contributed by atoms with Crippen LogP contribution in [0.2, 0.25) is 0 Å². The molecule has 0 unspecified atom stereocenters. The molecule has 1 aromatic heterocycles. The van der Waals surface area contributed by atoms with Crippen molar-refractivity contribution in [1.29, 1.82) is 5.26 Å². The minimum atomic E-state index is 0.123. The highest BCUT2D eigenvalue weighted by Crippen LogP contribution is 2.50. The van der Waals surface area contributed by atoms with Crippen LogP contribution in [0, 0.1) is 30.6 Å². The van der Waals surface area contributed by atoms with Crippen LogP contribution in [0.4, 0.5) is 0 Å². The van der Waals surface area contributed by atoms with Gasteiger partial charge in [0.25, 0.3) is 0 Å². The maximum Gasteiger partial charge on any atom is 0.153 e. The largest absolute Gasteiger partial charge is 0.298 e. The Hall–Kier alpha value is -1.63. The molecule has 4 nitrogen and oxygen atoms in total. The van der Waals surface area contributed by atoms with Crippen LogP contribution in [0.3, 0.4) is 0 Å². The molecular formula is C12H15N3O. The molecule has 1 aliphatic rings. The number of aryl methyl sites for hydroxylation is 1. The Morgan fingerprint density at radius 1 is 1.56 bits per heavy atom. The minimum Gasteiger partial charge on any atom is -0.298 e. The van der Waals surface area contributed by atoms with E-state index in [1.807, 2.05) is 18.5 Å². The third-order valence-electron chi connectivity index (χ3n) is 3.45. The maximum absolute atomic E-state index is 10.9. The fourth-order valence-electron chi connectivity index (χ4n) is 2.09. The van der Waals surface area contributed by atoms with Gasteiger partial charge in [-0.15, -0.1) is 0 Å². The Bertz CT molecular complexity index is 463. The van der Waals surface area contributed by atoms with E-state index < -0.39 is 0 Å². The lowest BCUT2D eigenvalue weighted by Crippen LogP contribution is -2.14. The smallest absolute Gasteiger partial charge is 0.153 e. The predicted octanol–water partition coefficient (Wildman–Crippen LogP) is 2.01. The van der Waals surface area contributed by atoms with Gasteiger partial charge in [-0.3, -0.25) is 9.48 Å². The summed E-state index contributed by atoms with van der Waals surface area (Å²) in [5, 5.41) is 13.1. The molecule has 0 spiro atoms. The summed E-state index contributed by atoms with van der Waals surface area (Å²) in [5.74, 6) is 0. The Morgan fingerprint density at radius 3 is 2.69 bits per heavy atom. The number of nitrogens with zero attached hydrogens (tertiary/aromatic N) is 3. The van der Waals surface area contributed by atoms with Crippen molar-refractivity contribution in [2.24, 2.45) is 5.41 Å². The number of hydrogen-bond donors (Lipinski definition) is 0. The first-order valence-electron chi connectivity index (χ1n) is 5.48. The van der Waals surface area contributed by atoms with Crippen LogP contribution in [0.1, 0.15) is 41.0 Å². The lowest BCUT2D eigenvalue weighted by Gasteiger charge is -2.12. The molecule has 0 atom stereocenters. The molecule has 0 radical (unpaired) electrons. The normalized spacial score (nSPS) is 16.8. The minimum absolute atomic E-state index is 0.123. The summed E-state index contributed by atoms with van der Waals surface area (Å²) >= 11 is 0. The summed E-state index contributed by atoms with van der Waals surface area (Å²) < 4.78 is 1.88. The van der Waals surface area contributed by atoms with Crippen molar-refractivity contribution in [1.82, 2.24) is 9.78 Å². The van der Waals surface area contributed by atoms with Gasteiger partial charge >= 0.3 is 0 Å². The first-order chi connectivity index (χ1) is 7.62. The van der Waals surface area contributed by atoms with Crippen molar-refractivity contribution >= 4 is 6.29 Å². The van der Waals surface area contributed by atoms with Crippen molar-refractivity contribution in [3.8, 4) is 6.07 Å². The third-order valence-corrected chi connectivity index (χ3v) is 3.45. The summed E-state index contributed by atoms with van der Waals surface area (Å²) in [6, 6.07) is 2.23. The van der Waals surface area contributed by atoms with Gasteiger partial charge in [-0.25, -0.2) is 0 Å². The summed E-state index contributed by atoms with van der Waals surface area (Å²) in [7, 11) is 0. The molecule has 16 heavy (non-hydrogen) atoms. The Kier molecular flexibility index (Phi) is 2.55. The summed E-state index contributed by atoms with van der Waals surface area (Å²) in [4.78, 5) is 10.9. The second-order valence-electron chi connectivity index (χ2n) is 4.69. The van der Waals surface area contributed by atoms with Crippen molar-refractivity contribution in [2.75, 3.05) is 0 Å². The van der Waals surface area contributed by atoms with E-state index in [0.29, 0.717) is 12.0 Å². The number of aromatic nitrogens is 2. The van der Waals surface area contributed by atoms with Crippen LogP contribution in [0.5, 0.6) is 0 Å². The van der Waals surface area contributed by atoms with E-state index in [4.69, 9.17) is 5.26 Å². The van der Waals surface area contributed by atoms with Crippen LogP contribution < -0.4 is 0 Å². The molecular weight excluding hydrogens is 202 g/mol. The lowest BCUT2D eigenvalue weighted by atomic mass is 10.0. The predicted molar refractivity (Wildman–Crippen MR) is 59.0 cm³/mol. The molecule has 4 heteroatoms. The van der Waals surface area contributed by atoms with Crippen molar-refractivity contribution in [3.63, 3.8) is 0 Å². The van der Waals surface area contributed by atoms with Crippen LogP contribution in [-0.2, 0) is 6.54 Å². The van der Waals surface area contributed by atoms with E-state index in [2.05, 4.69) is 11.2 Å². The molecule has 0 bridgehead atoms. The first kappa shape index (κ1) is 10.9. The second kappa shape index (κ2) is 3.75. The first-order valence-corrected chi connectivity index (χ1v) is 5.48. The summed E-state index contributed by atoms with van der Waals surface area (Å²) in [6.45, 7) is 4.52. The molecule has 0 amide bonds. The topological polar surface area (TPSA) is 58.7 Å². The van der Waals surface area contributed by atoms with Crippen LogP contribution >= 0.6 is 0 Å². The highest BCUT2D eigenvalue weighted by Gasteiger charge is 2.43. The monoisotopic (exact) mass is 217 g/mol. The highest BCUT2D eigenvalue weighted by atomic mass is 16.1. The van der Waals surface area contributed by atoms with Gasteiger partial charge in [0.1, 0.15) is 0 Å². The van der Waals surface area contributed by atoms with E-state index in [1.54, 1.807) is 0 Å². The fourth-order valence-corrected chi connectivity index (χ4v) is 2.09. The molecule has 1 saturated carbocycles. The van der Waals surface area contributed by atoms with E-state index in [9.17, 15) is 4.79 Å². The van der Waals surface area contributed by atoms with Gasteiger partial charge in [0, 0.05) is 24.1 Å². The maximum atomic E-state index is 10.9. The van der Waals surface area contributed by atoms with E-state index in [0.717, 1.165) is 37.1 Å². The zero-order valence-electron chi connectivity index (χ0n) is 9.66. The number of nitriles is 1. The van der Waals surface area contributed by atoms with Crippen LogP contribution in [0.25, 0.3) is 0 Å². The van der Waals surface area contributed by atoms with Gasteiger partial charge in [-0.05, 0) is 26.7 Å². The standard InChI is InChI=1S/C12H15N3O/c1-9-11(7-16)10(2)15(14-9)8-12(3-4-12)5-6-13/h7H,3-5,8H2,1-2H3.